The lowest BCUT2D eigenvalue weighted by Crippen LogP contribution is -2.30. The number of nitrogens with zero attached hydrogens (tertiary/aromatic N) is 2. The zero-order valence-corrected chi connectivity index (χ0v) is 12.9. The number of imidazole rings is 1. The molecule has 19 heavy (non-hydrogen) atoms. The monoisotopic (exact) mass is 317 g/mol. The lowest BCUT2D eigenvalue weighted by atomic mass is 10.3. The third kappa shape index (κ3) is 4.56. The largest absolute Gasteiger partial charge is 0.333 e. The molecule has 1 aromatic carbocycles. The van der Waals surface area contributed by atoms with Crippen LogP contribution in [-0.2, 0) is 0 Å². The molecule has 0 bridgehead atoms. The average molecular weight is 318 g/mol. The lowest BCUT2D eigenvalue weighted by molar-refractivity contribution is 0.327. The summed E-state index contributed by atoms with van der Waals surface area (Å²) in [6.07, 6.45) is 0. The molecular formula is C13H17Cl2N3S. The van der Waals surface area contributed by atoms with Gasteiger partial charge in [0, 0.05) is 37.1 Å². The number of H-pyrrole nitrogens is 1. The van der Waals surface area contributed by atoms with E-state index in [2.05, 4.69) is 14.9 Å². The van der Waals surface area contributed by atoms with E-state index in [9.17, 15) is 0 Å². The molecule has 3 nitrogen and oxygen atoms in total. The number of halogens is 2. The third-order valence-corrected chi connectivity index (χ3v) is 4.01. The maximum atomic E-state index is 5.77. The number of rotatable bonds is 8. The molecule has 0 amide bonds. The van der Waals surface area contributed by atoms with E-state index in [0.29, 0.717) is 11.8 Å². The summed E-state index contributed by atoms with van der Waals surface area (Å²) in [6.45, 7) is 2.74. The molecular weight excluding hydrogens is 301 g/mol. The van der Waals surface area contributed by atoms with Crippen LogP contribution in [0.2, 0.25) is 0 Å². The van der Waals surface area contributed by atoms with Crippen molar-refractivity contribution in [1.29, 1.82) is 0 Å². The average Bonchev–Trinajstić information content (AvgIpc) is 2.82. The number of hydrogen-bond donors (Lipinski definition) is 1. The molecule has 1 aromatic heterocycles. The van der Waals surface area contributed by atoms with Crippen LogP contribution in [0.4, 0.5) is 0 Å². The van der Waals surface area contributed by atoms with Crippen LogP contribution in [0.25, 0.3) is 11.0 Å². The van der Waals surface area contributed by atoms with Crippen molar-refractivity contribution in [2.75, 3.05) is 37.1 Å². The van der Waals surface area contributed by atoms with Crippen molar-refractivity contribution in [3.05, 3.63) is 24.3 Å². The van der Waals surface area contributed by atoms with E-state index in [4.69, 9.17) is 23.2 Å². The predicted molar refractivity (Wildman–Crippen MR) is 84.7 cm³/mol. The number of thioether (sulfide) groups is 1. The van der Waals surface area contributed by atoms with Crippen LogP contribution in [0.3, 0.4) is 0 Å². The van der Waals surface area contributed by atoms with E-state index in [1.165, 1.54) is 0 Å². The molecule has 0 aliphatic carbocycles. The second-order valence-corrected chi connectivity index (χ2v) is 5.97. The van der Waals surface area contributed by atoms with Gasteiger partial charge in [-0.2, -0.15) is 0 Å². The number of benzene rings is 1. The Morgan fingerprint density at radius 3 is 2.53 bits per heavy atom. The zero-order valence-electron chi connectivity index (χ0n) is 10.6. The number of alkyl halides is 2. The molecule has 0 aliphatic rings. The van der Waals surface area contributed by atoms with Gasteiger partial charge in [-0.3, -0.25) is 0 Å². The Labute approximate surface area is 127 Å². The lowest BCUT2D eigenvalue weighted by Gasteiger charge is -2.18. The van der Waals surface area contributed by atoms with Crippen LogP contribution >= 0.6 is 35.0 Å². The van der Waals surface area contributed by atoms with Crippen molar-refractivity contribution >= 4 is 46.0 Å². The predicted octanol–water partition coefficient (Wildman–Crippen LogP) is 3.43. The molecule has 0 spiro atoms. The first kappa shape index (κ1) is 15.0. The van der Waals surface area contributed by atoms with E-state index in [1.807, 2.05) is 24.3 Å². The van der Waals surface area contributed by atoms with Gasteiger partial charge in [0.1, 0.15) is 0 Å². The highest BCUT2D eigenvalue weighted by molar-refractivity contribution is 7.99. The van der Waals surface area contributed by atoms with Crippen molar-refractivity contribution in [3.8, 4) is 0 Å². The van der Waals surface area contributed by atoms with Crippen molar-refractivity contribution in [2.45, 2.75) is 5.16 Å². The number of nitrogens with one attached hydrogen (secondary N) is 1. The highest BCUT2D eigenvalue weighted by atomic mass is 35.5. The van der Waals surface area contributed by atoms with Gasteiger partial charge in [0.15, 0.2) is 5.16 Å². The van der Waals surface area contributed by atoms with E-state index >= 15 is 0 Å². The van der Waals surface area contributed by atoms with Gasteiger partial charge in [-0.15, -0.1) is 23.2 Å². The van der Waals surface area contributed by atoms with Gasteiger partial charge in [0.25, 0.3) is 0 Å². The van der Waals surface area contributed by atoms with E-state index in [1.54, 1.807) is 11.8 Å². The van der Waals surface area contributed by atoms with Gasteiger partial charge in [-0.1, -0.05) is 23.9 Å². The van der Waals surface area contributed by atoms with Gasteiger partial charge in [0.2, 0.25) is 0 Å². The van der Waals surface area contributed by atoms with Crippen molar-refractivity contribution < 1.29 is 0 Å². The van der Waals surface area contributed by atoms with E-state index in [-0.39, 0.29) is 0 Å². The fourth-order valence-electron chi connectivity index (χ4n) is 1.84. The number of hydrogen-bond acceptors (Lipinski definition) is 3. The topological polar surface area (TPSA) is 31.9 Å². The van der Waals surface area contributed by atoms with Gasteiger partial charge in [-0.05, 0) is 12.1 Å². The Morgan fingerprint density at radius 2 is 1.84 bits per heavy atom. The summed E-state index contributed by atoms with van der Waals surface area (Å²) >= 11 is 13.3. The van der Waals surface area contributed by atoms with Crippen LogP contribution in [0.1, 0.15) is 0 Å². The molecule has 1 N–H and O–H groups in total. The second-order valence-electron chi connectivity index (χ2n) is 4.13. The highest BCUT2D eigenvalue weighted by Crippen LogP contribution is 2.19. The van der Waals surface area contributed by atoms with Crippen LogP contribution in [0.5, 0.6) is 0 Å². The maximum Gasteiger partial charge on any atom is 0.166 e. The summed E-state index contributed by atoms with van der Waals surface area (Å²) in [6, 6.07) is 8.07. The molecule has 2 aromatic rings. The summed E-state index contributed by atoms with van der Waals surface area (Å²) in [5.41, 5.74) is 2.10. The Bertz CT molecular complexity index is 464. The molecule has 6 heteroatoms. The second kappa shape index (κ2) is 8.00. The minimum Gasteiger partial charge on any atom is -0.333 e. The van der Waals surface area contributed by atoms with Crippen LogP contribution in [0.15, 0.2) is 29.4 Å². The maximum absolute atomic E-state index is 5.77. The number of para-hydroxylation sites is 2. The molecule has 0 fully saturated rings. The first-order valence-corrected chi connectivity index (χ1v) is 8.31. The molecule has 0 radical (unpaired) electrons. The number of fused-ring (bicyclic) bond motifs is 1. The molecule has 2 rings (SSSR count). The third-order valence-electron chi connectivity index (χ3n) is 2.82. The zero-order chi connectivity index (χ0) is 13.5. The summed E-state index contributed by atoms with van der Waals surface area (Å²) in [5, 5.41) is 0.970. The molecule has 0 atom stereocenters. The first-order valence-electron chi connectivity index (χ1n) is 6.25. The molecule has 104 valence electrons. The molecule has 0 saturated heterocycles. The molecule has 0 unspecified atom stereocenters. The van der Waals surface area contributed by atoms with Crippen LogP contribution < -0.4 is 0 Å². The van der Waals surface area contributed by atoms with Gasteiger partial charge in [-0.25, -0.2) is 4.98 Å². The number of aromatic nitrogens is 2. The Balaban J connectivity index is 1.84. The van der Waals surface area contributed by atoms with E-state index < -0.39 is 0 Å². The summed E-state index contributed by atoms with van der Waals surface area (Å²) < 4.78 is 0. The molecule has 0 saturated carbocycles. The summed E-state index contributed by atoms with van der Waals surface area (Å²) in [4.78, 5) is 10.1. The Morgan fingerprint density at radius 1 is 1.11 bits per heavy atom. The quantitative estimate of drug-likeness (QED) is 0.598. The first-order chi connectivity index (χ1) is 9.33. The van der Waals surface area contributed by atoms with Gasteiger partial charge < -0.3 is 9.88 Å². The van der Waals surface area contributed by atoms with Gasteiger partial charge in [0.05, 0.1) is 11.0 Å². The highest BCUT2D eigenvalue weighted by Gasteiger charge is 2.06. The van der Waals surface area contributed by atoms with E-state index in [0.717, 1.165) is 41.6 Å². The normalized spacial score (nSPS) is 11.5. The fraction of sp³-hybridized carbons (Fsp3) is 0.462. The number of aromatic amines is 1. The summed E-state index contributed by atoms with van der Waals surface area (Å²) in [5.74, 6) is 2.27. The van der Waals surface area contributed by atoms with Crippen molar-refractivity contribution in [3.63, 3.8) is 0 Å². The summed E-state index contributed by atoms with van der Waals surface area (Å²) in [7, 11) is 0. The fourth-order valence-corrected chi connectivity index (χ4v) is 3.21. The van der Waals surface area contributed by atoms with Crippen molar-refractivity contribution in [2.24, 2.45) is 0 Å². The van der Waals surface area contributed by atoms with Crippen LogP contribution in [0, 0.1) is 0 Å². The smallest absolute Gasteiger partial charge is 0.166 e. The minimum absolute atomic E-state index is 0.645. The molecule has 0 aliphatic heterocycles. The Kier molecular flexibility index (Phi) is 6.31. The Hall–Kier alpha value is -0.420. The molecule has 1 heterocycles. The van der Waals surface area contributed by atoms with Gasteiger partial charge >= 0.3 is 0 Å². The SMILES string of the molecule is ClCCN(CCCl)CCSc1nc2ccccc2[nH]1. The standard InChI is InChI=1S/C13H17Cl2N3S/c14-5-7-18(8-6-15)9-10-19-13-16-11-3-1-2-4-12(11)17-13/h1-4H,5-10H2,(H,16,17). The van der Waals surface area contributed by atoms with Crippen molar-refractivity contribution in [1.82, 2.24) is 14.9 Å². The minimum atomic E-state index is 0.645. The van der Waals surface area contributed by atoms with Crippen LogP contribution in [-0.4, -0.2) is 52.0 Å².